The summed E-state index contributed by atoms with van der Waals surface area (Å²) < 4.78 is 30.8. The van der Waals surface area contributed by atoms with Gasteiger partial charge in [-0.3, -0.25) is 9.35 Å². The molecule has 0 bridgehead atoms. The Hall–Kier alpha value is -0.660. The molecule has 0 aromatic carbocycles. The summed E-state index contributed by atoms with van der Waals surface area (Å²) in [6, 6.07) is 0. The monoisotopic (exact) mass is 449 g/mol. The summed E-state index contributed by atoms with van der Waals surface area (Å²) in [5.41, 5.74) is 0. The van der Waals surface area contributed by atoms with E-state index in [0.717, 1.165) is 12.8 Å². The van der Waals surface area contributed by atoms with Crippen molar-refractivity contribution in [2.75, 3.05) is 39.5 Å². The molecule has 0 atom stereocenters. The fourth-order valence-corrected chi connectivity index (χ4v) is 4.24. The fourth-order valence-electron chi connectivity index (χ4n) is 3.75. The predicted octanol–water partition coefficient (Wildman–Crippen LogP) is 4.94. The van der Waals surface area contributed by atoms with Crippen LogP contribution in [0.25, 0.3) is 0 Å². The first-order chi connectivity index (χ1) is 14.2. The minimum atomic E-state index is -3.92. The smallest absolute Gasteiger partial charge is 0.275 e. The zero-order chi connectivity index (χ0) is 22.7. The molecule has 0 fully saturated rings. The molecule has 0 rings (SSSR count). The Morgan fingerprint density at radius 3 is 1.63 bits per heavy atom. The van der Waals surface area contributed by atoms with Gasteiger partial charge in [0, 0.05) is 13.0 Å². The molecule has 180 valence electrons. The first kappa shape index (κ1) is 29.3. The van der Waals surface area contributed by atoms with Gasteiger partial charge in [0.2, 0.25) is 0 Å². The summed E-state index contributed by atoms with van der Waals surface area (Å²) in [6.45, 7) is 3.83. The van der Waals surface area contributed by atoms with E-state index < -0.39 is 10.1 Å². The van der Waals surface area contributed by atoms with Crippen LogP contribution in [0.1, 0.15) is 103 Å². The van der Waals surface area contributed by atoms with E-state index in [1.807, 2.05) is 14.1 Å². The molecular weight excluding hydrogens is 400 g/mol. The number of quaternary nitrogens is 1. The van der Waals surface area contributed by atoms with E-state index in [2.05, 4.69) is 12.2 Å². The molecule has 7 heteroatoms. The molecule has 30 heavy (non-hydrogen) atoms. The van der Waals surface area contributed by atoms with Gasteiger partial charge in [-0.1, -0.05) is 90.4 Å². The topological polar surface area (TPSA) is 83.5 Å². The number of amides is 1. The predicted molar refractivity (Wildman–Crippen MR) is 126 cm³/mol. The molecule has 0 spiro atoms. The Labute approximate surface area is 186 Å². The van der Waals surface area contributed by atoms with Gasteiger partial charge in [-0.25, -0.2) is 0 Å². The number of hydrogen-bond acceptors (Lipinski definition) is 3. The first-order valence-electron chi connectivity index (χ1n) is 12.2. The third kappa shape index (κ3) is 22.0. The van der Waals surface area contributed by atoms with Crippen molar-refractivity contribution >= 4 is 16.0 Å². The van der Waals surface area contributed by atoms with Gasteiger partial charge in [-0.15, -0.1) is 0 Å². The average Bonchev–Trinajstić information content (AvgIpc) is 2.63. The van der Waals surface area contributed by atoms with Crippen molar-refractivity contribution < 1.29 is 22.2 Å². The molecule has 0 aromatic rings. The van der Waals surface area contributed by atoms with Crippen molar-refractivity contribution in [3.05, 3.63) is 0 Å². The average molecular weight is 450 g/mol. The van der Waals surface area contributed by atoms with Crippen LogP contribution >= 0.6 is 0 Å². The molecule has 0 aliphatic heterocycles. The highest BCUT2D eigenvalue weighted by Gasteiger charge is 2.20. The molecule has 0 aliphatic carbocycles. The number of nitrogens with one attached hydrogen (secondary N) is 1. The summed E-state index contributed by atoms with van der Waals surface area (Å²) in [5, 5.41) is 2.97. The minimum Gasteiger partial charge on any atom is -0.351 e. The van der Waals surface area contributed by atoms with Gasteiger partial charge < -0.3 is 9.80 Å². The van der Waals surface area contributed by atoms with E-state index in [1.54, 1.807) is 0 Å². The molecule has 0 aromatic heterocycles. The molecule has 0 heterocycles. The molecule has 2 N–H and O–H groups in total. The van der Waals surface area contributed by atoms with E-state index in [1.165, 1.54) is 77.0 Å². The molecular formula is C23H49N2O4S+. The van der Waals surface area contributed by atoms with Crippen LogP contribution in [0.3, 0.4) is 0 Å². The second-order valence-corrected chi connectivity index (χ2v) is 11.0. The van der Waals surface area contributed by atoms with Gasteiger partial charge in [0.15, 0.2) is 6.54 Å². The molecule has 1 amide bonds. The van der Waals surface area contributed by atoms with Crippen LogP contribution in [0.5, 0.6) is 0 Å². The number of unbranched alkanes of at least 4 members (excludes halogenated alkanes) is 13. The Morgan fingerprint density at radius 2 is 1.20 bits per heavy atom. The van der Waals surface area contributed by atoms with Crippen LogP contribution in [0.15, 0.2) is 0 Å². The van der Waals surface area contributed by atoms with Crippen molar-refractivity contribution in [3.8, 4) is 0 Å². The van der Waals surface area contributed by atoms with Crippen LogP contribution in [0.2, 0.25) is 0 Å². The Kier molecular flexibility index (Phi) is 17.6. The molecule has 6 nitrogen and oxygen atoms in total. The molecule has 0 aliphatic rings. The lowest BCUT2D eigenvalue weighted by molar-refractivity contribution is -0.882. The maximum Gasteiger partial charge on any atom is 0.275 e. The summed E-state index contributed by atoms with van der Waals surface area (Å²) in [4.78, 5) is 12.1. The molecule has 0 unspecified atom stereocenters. The third-order valence-corrected chi connectivity index (χ3v) is 6.39. The summed E-state index contributed by atoms with van der Waals surface area (Å²) in [6.07, 6.45) is 18.9. The van der Waals surface area contributed by atoms with Crippen molar-refractivity contribution in [1.82, 2.24) is 5.32 Å². The van der Waals surface area contributed by atoms with Crippen LogP contribution < -0.4 is 5.32 Å². The standard InChI is InChI=1S/C23H48N2O4S/c1-4-5-6-7-8-9-10-11-12-13-14-15-16-17-19-24-23(26)22-25(2,3)20-18-21-30(27,28)29/h4-22H2,1-3H3,(H-,24,26,27,28,29)/p+1. The highest BCUT2D eigenvalue weighted by molar-refractivity contribution is 7.85. The van der Waals surface area contributed by atoms with Crippen LogP contribution in [0.4, 0.5) is 0 Å². The number of carbonyl (C=O) groups excluding carboxylic acids is 1. The number of hydrogen-bond donors (Lipinski definition) is 2. The van der Waals surface area contributed by atoms with Gasteiger partial charge in [-0.2, -0.15) is 8.42 Å². The molecule has 0 saturated carbocycles. The lowest BCUT2D eigenvalue weighted by Gasteiger charge is -2.28. The number of rotatable bonds is 21. The Balaban J connectivity index is 3.46. The van der Waals surface area contributed by atoms with E-state index in [-0.39, 0.29) is 11.7 Å². The van der Waals surface area contributed by atoms with E-state index >= 15 is 0 Å². The zero-order valence-corrected chi connectivity index (χ0v) is 20.8. The van der Waals surface area contributed by atoms with E-state index in [4.69, 9.17) is 4.55 Å². The van der Waals surface area contributed by atoms with Gasteiger partial charge in [0.25, 0.3) is 16.0 Å². The first-order valence-corrected chi connectivity index (χ1v) is 13.8. The SMILES string of the molecule is CCCCCCCCCCCCCCCCNC(=O)C[N+](C)(C)CCCS(=O)(=O)O. The molecule has 0 radical (unpaired) electrons. The van der Waals surface area contributed by atoms with Crippen LogP contribution in [-0.4, -0.2) is 62.8 Å². The number of likely N-dealkylation sites (N-methyl/N-ethyl adjacent to an activating group) is 1. The number of nitrogens with zero attached hydrogens (tertiary/aromatic N) is 1. The van der Waals surface area contributed by atoms with Gasteiger partial charge in [0.1, 0.15) is 0 Å². The van der Waals surface area contributed by atoms with Crippen molar-refractivity contribution in [2.24, 2.45) is 0 Å². The summed E-state index contributed by atoms with van der Waals surface area (Å²) in [5.74, 6) is -0.253. The Morgan fingerprint density at radius 1 is 0.767 bits per heavy atom. The largest absolute Gasteiger partial charge is 0.351 e. The van der Waals surface area contributed by atoms with Gasteiger partial charge >= 0.3 is 0 Å². The zero-order valence-electron chi connectivity index (χ0n) is 20.0. The minimum absolute atomic E-state index is 0.00143. The normalized spacial score (nSPS) is 12.3. The quantitative estimate of drug-likeness (QED) is 0.148. The van der Waals surface area contributed by atoms with Crippen molar-refractivity contribution in [2.45, 2.75) is 103 Å². The maximum absolute atomic E-state index is 12.1. The summed E-state index contributed by atoms with van der Waals surface area (Å²) >= 11 is 0. The van der Waals surface area contributed by atoms with Crippen molar-refractivity contribution in [1.29, 1.82) is 0 Å². The van der Waals surface area contributed by atoms with Crippen molar-refractivity contribution in [3.63, 3.8) is 0 Å². The van der Waals surface area contributed by atoms with Gasteiger partial charge in [0.05, 0.1) is 26.4 Å². The van der Waals surface area contributed by atoms with E-state index in [9.17, 15) is 13.2 Å². The Bertz CT molecular complexity index is 521. The fraction of sp³-hybridized carbons (Fsp3) is 0.957. The highest BCUT2D eigenvalue weighted by atomic mass is 32.2. The second kappa shape index (κ2) is 18.0. The lowest BCUT2D eigenvalue weighted by Crippen LogP contribution is -2.48. The van der Waals surface area contributed by atoms with Gasteiger partial charge in [-0.05, 0) is 6.42 Å². The lowest BCUT2D eigenvalue weighted by atomic mass is 10.0. The maximum atomic E-state index is 12.1. The second-order valence-electron chi connectivity index (χ2n) is 9.40. The molecule has 0 saturated heterocycles. The highest BCUT2D eigenvalue weighted by Crippen LogP contribution is 2.12. The summed E-state index contributed by atoms with van der Waals surface area (Å²) in [7, 11) is -0.126. The van der Waals surface area contributed by atoms with E-state index in [0.29, 0.717) is 30.5 Å². The third-order valence-electron chi connectivity index (χ3n) is 5.59. The van der Waals surface area contributed by atoms with Crippen LogP contribution in [0, 0.1) is 0 Å². The van der Waals surface area contributed by atoms with Crippen LogP contribution in [-0.2, 0) is 14.9 Å². The number of carbonyl (C=O) groups is 1.